The van der Waals surface area contributed by atoms with Crippen molar-refractivity contribution in [3.05, 3.63) is 24.3 Å². The topological polar surface area (TPSA) is 66.9 Å². The molecule has 0 aliphatic carbocycles. The van der Waals surface area contributed by atoms with E-state index in [1.807, 2.05) is 6.07 Å². The molecule has 0 unspecified atom stereocenters. The van der Waals surface area contributed by atoms with E-state index in [1.165, 1.54) is 19.2 Å². The Morgan fingerprint density at radius 1 is 1.44 bits per heavy atom. The zero-order chi connectivity index (χ0) is 12.6. The van der Waals surface area contributed by atoms with Crippen molar-refractivity contribution < 1.29 is 4.79 Å². The van der Waals surface area contributed by atoms with Crippen LogP contribution in [0.3, 0.4) is 0 Å². The highest BCUT2D eigenvalue weighted by Gasteiger charge is 2.14. The van der Waals surface area contributed by atoms with Crippen LogP contribution in [0.15, 0.2) is 18.6 Å². The van der Waals surface area contributed by atoms with Crippen LogP contribution in [-0.4, -0.2) is 29.0 Å². The van der Waals surface area contributed by atoms with E-state index in [1.54, 1.807) is 6.20 Å². The minimum atomic E-state index is 0.118. The lowest BCUT2D eigenvalue weighted by Crippen LogP contribution is -2.29. The lowest BCUT2D eigenvalue weighted by molar-refractivity contribution is -0.121. The molecule has 5 heteroatoms. The summed E-state index contributed by atoms with van der Waals surface area (Å²) in [5.74, 6) is 0.822. The number of carbonyl (C=O) groups is 1. The monoisotopic (exact) mass is 248 g/mol. The highest BCUT2D eigenvalue weighted by atomic mass is 16.1. The average molecular weight is 248 g/mol. The van der Waals surface area contributed by atoms with Crippen LogP contribution in [0.1, 0.15) is 31.4 Å². The van der Waals surface area contributed by atoms with Crippen molar-refractivity contribution in [1.29, 1.82) is 0 Å². The zero-order valence-corrected chi connectivity index (χ0v) is 10.6. The number of aromatic nitrogens is 2. The molecule has 1 fully saturated rings. The molecule has 1 aromatic heterocycles. The van der Waals surface area contributed by atoms with Crippen LogP contribution in [0.2, 0.25) is 0 Å². The molecule has 0 atom stereocenters. The first-order chi connectivity index (χ1) is 8.84. The quantitative estimate of drug-likeness (QED) is 0.811. The second-order valence-corrected chi connectivity index (χ2v) is 4.71. The molecular formula is C13H20N4O. The van der Waals surface area contributed by atoms with E-state index in [9.17, 15) is 4.79 Å². The van der Waals surface area contributed by atoms with E-state index in [-0.39, 0.29) is 5.91 Å². The van der Waals surface area contributed by atoms with Crippen LogP contribution in [0.25, 0.3) is 0 Å². The van der Waals surface area contributed by atoms with E-state index in [0.29, 0.717) is 18.9 Å². The van der Waals surface area contributed by atoms with Crippen molar-refractivity contribution in [3.63, 3.8) is 0 Å². The minimum absolute atomic E-state index is 0.118. The fourth-order valence-electron chi connectivity index (χ4n) is 2.21. The molecule has 0 spiro atoms. The summed E-state index contributed by atoms with van der Waals surface area (Å²) < 4.78 is 0. The van der Waals surface area contributed by atoms with Crippen LogP contribution < -0.4 is 10.6 Å². The van der Waals surface area contributed by atoms with E-state index < -0.39 is 0 Å². The maximum atomic E-state index is 11.7. The number of carbonyl (C=O) groups excluding carboxylic acids is 1. The number of hydrogen-bond donors (Lipinski definition) is 2. The third-order valence-corrected chi connectivity index (χ3v) is 3.35. The zero-order valence-electron chi connectivity index (χ0n) is 10.6. The molecule has 1 aromatic rings. The number of amides is 1. The van der Waals surface area contributed by atoms with Crippen LogP contribution in [0, 0.1) is 5.92 Å². The second-order valence-electron chi connectivity index (χ2n) is 4.71. The highest BCUT2D eigenvalue weighted by molar-refractivity contribution is 5.75. The summed E-state index contributed by atoms with van der Waals surface area (Å²) in [5.41, 5.74) is 0.847. The van der Waals surface area contributed by atoms with Gasteiger partial charge in [-0.25, -0.2) is 9.97 Å². The number of piperidine rings is 1. The number of nitrogens with one attached hydrogen (secondary N) is 2. The summed E-state index contributed by atoms with van der Waals surface area (Å²) in [6.45, 7) is 2.67. The van der Waals surface area contributed by atoms with E-state index in [2.05, 4.69) is 20.6 Å². The van der Waals surface area contributed by atoms with Gasteiger partial charge in [-0.1, -0.05) is 0 Å². The van der Waals surface area contributed by atoms with Crippen molar-refractivity contribution in [2.75, 3.05) is 13.1 Å². The number of hydrogen-bond acceptors (Lipinski definition) is 4. The lowest BCUT2D eigenvalue weighted by Gasteiger charge is -2.22. The van der Waals surface area contributed by atoms with Gasteiger partial charge in [-0.15, -0.1) is 0 Å². The fraction of sp³-hybridized carbons (Fsp3) is 0.615. The van der Waals surface area contributed by atoms with Gasteiger partial charge in [0.1, 0.15) is 6.33 Å². The number of rotatable bonds is 5. The van der Waals surface area contributed by atoms with E-state index >= 15 is 0 Å². The molecular weight excluding hydrogens is 228 g/mol. The van der Waals surface area contributed by atoms with Crippen molar-refractivity contribution in [3.8, 4) is 0 Å². The summed E-state index contributed by atoms with van der Waals surface area (Å²) in [6.07, 6.45) is 7.19. The maximum absolute atomic E-state index is 11.7. The van der Waals surface area contributed by atoms with Gasteiger partial charge >= 0.3 is 0 Å². The first kappa shape index (κ1) is 13.0. The smallest absolute Gasteiger partial charge is 0.220 e. The molecule has 98 valence electrons. The molecule has 1 amide bonds. The Morgan fingerprint density at radius 2 is 2.28 bits per heavy atom. The fourth-order valence-corrected chi connectivity index (χ4v) is 2.21. The Hall–Kier alpha value is -1.49. The lowest BCUT2D eigenvalue weighted by atomic mass is 9.93. The predicted octanol–water partition coefficient (Wildman–Crippen LogP) is 0.873. The molecule has 2 heterocycles. The molecule has 18 heavy (non-hydrogen) atoms. The van der Waals surface area contributed by atoms with Crippen LogP contribution >= 0.6 is 0 Å². The first-order valence-electron chi connectivity index (χ1n) is 6.57. The van der Waals surface area contributed by atoms with Crippen molar-refractivity contribution in [2.24, 2.45) is 5.92 Å². The molecule has 0 aromatic carbocycles. The van der Waals surface area contributed by atoms with Crippen LogP contribution in [0.5, 0.6) is 0 Å². The summed E-state index contributed by atoms with van der Waals surface area (Å²) in [5, 5.41) is 6.23. The maximum Gasteiger partial charge on any atom is 0.220 e. The Kier molecular flexibility index (Phi) is 5.08. The van der Waals surface area contributed by atoms with Crippen molar-refractivity contribution in [1.82, 2.24) is 20.6 Å². The van der Waals surface area contributed by atoms with Gasteiger partial charge in [0.2, 0.25) is 5.91 Å². The molecule has 0 saturated carbocycles. The van der Waals surface area contributed by atoms with Gasteiger partial charge in [0.15, 0.2) is 0 Å². The second kappa shape index (κ2) is 7.06. The molecule has 0 radical (unpaired) electrons. The molecule has 1 aliphatic heterocycles. The van der Waals surface area contributed by atoms with E-state index in [4.69, 9.17) is 0 Å². The Bertz CT molecular complexity index is 363. The Morgan fingerprint density at radius 3 is 3.00 bits per heavy atom. The highest BCUT2D eigenvalue weighted by Crippen LogP contribution is 2.17. The molecule has 1 aliphatic rings. The van der Waals surface area contributed by atoms with Gasteiger partial charge in [0.05, 0.1) is 12.2 Å². The predicted molar refractivity (Wildman–Crippen MR) is 68.7 cm³/mol. The van der Waals surface area contributed by atoms with Gasteiger partial charge in [-0.3, -0.25) is 4.79 Å². The summed E-state index contributed by atoms with van der Waals surface area (Å²) >= 11 is 0. The van der Waals surface area contributed by atoms with Gasteiger partial charge < -0.3 is 10.6 Å². The SMILES string of the molecule is O=C(CCC1CCNCC1)NCc1ccncn1. The average Bonchev–Trinajstić information content (AvgIpc) is 2.45. The first-order valence-corrected chi connectivity index (χ1v) is 6.57. The number of nitrogens with zero attached hydrogens (tertiary/aromatic N) is 2. The molecule has 1 saturated heterocycles. The minimum Gasteiger partial charge on any atom is -0.350 e. The van der Waals surface area contributed by atoms with Crippen LogP contribution in [-0.2, 0) is 11.3 Å². The molecule has 2 N–H and O–H groups in total. The normalized spacial score (nSPS) is 16.4. The third kappa shape index (κ3) is 4.41. The molecule has 2 rings (SSSR count). The Labute approximate surface area is 107 Å². The standard InChI is InChI=1S/C13H20N4O/c18-13(2-1-11-3-6-14-7-4-11)16-9-12-5-8-15-10-17-12/h5,8,10-11,14H,1-4,6-7,9H2,(H,16,18). The third-order valence-electron chi connectivity index (χ3n) is 3.35. The van der Waals surface area contributed by atoms with Crippen molar-refractivity contribution >= 4 is 5.91 Å². The van der Waals surface area contributed by atoms with Gasteiger partial charge in [0, 0.05) is 12.6 Å². The van der Waals surface area contributed by atoms with Gasteiger partial charge in [-0.05, 0) is 44.3 Å². The summed E-state index contributed by atoms with van der Waals surface area (Å²) in [4.78, 5) is 19.6. The summed E-state index contributed by atoms with van der Waals surface area (Å²) in [7, 11) is 0. The van der Waals surface area contributed by atoms with E-state index in [0.717, 1.165) is 25.2 Å². The van der Waals surface area contributed by atoms with Gasteiger partial charge in [0.25, 0.3) is 0 Å². The van der Waals surface area contributed by atoms with Crippen LogP contribution in [0.4, 0.5) is 0 Å². The van der Waals surface area contributed by atoms with Gasteiger partial charge in [-0.2, -0.15) is 0 Å². The summed E-state index contributed by atoms with van der Waals surface area (Å²) in [6, 6.07) is 1.81. The molecule has 0 bridgehead atoms. The Balaban J connectivity index is 1.63. The largest absolute Gasteiger partial charge is 0.350 e. The van der Waals surface area contributed by atoms with Crippen molar-refractivity contribution in [2.45, 2.75) is 32.2 Å². The molecule has 5 nitrogen and oxygen atoms in total.